The number of benzene rings is 1. The predicted molar refractivity (Wildman–Crippen MR) is 94.9 cm³/mol. The Labute approximate surface area is 152 Å². The molecule has 0 radical (unpaired) electrons. The maximum absolute atomic E-state index is 12.4. The zero-order valence-corrected chi connectivity index (χ0v) is 16.2. The van der Waals surface area contributed by atoms with E-state index in [1.54, 1.807) is 18.2 Å². The van der Waals surface area contributed by atoms with Gasteiger partial charge in [0.1, 0.15) is 10.6 Å². The van der Waals surface area contributed by atoms with Gasteiger partial charge in [0.25, 0.3) is 0 Å². The van der Waals surface area contributed by atoms with E-state index in [1.807, 2.05) is 6.92 Å². The van der Waals surface area contributed by atoms with Gasteiger partial charge in [0, 0.05) is 24.2 Å². The second-order valence-corrected chi connectivity index (χ2v) is 8.14. The third kappa shape index (κ3) is 6.00. The number of ether oxygens (including phenoxy) is 3. The van der Waals surface area contributed by atoms with Crippen LogP contribution in [0.3, 0.4) is 0 Å². The lowest BCUT2D eigenvalue weighted by Gasteiger charge is -2.13. The third-order valence-corrected chi connectivity index (χ3v) is 5.56. The van der Waals surface area contributed by atoms with Crippen LogP contribution in [-0.4, -0.2) is 47.5 Å². The third-order valence-electron chi connectivity index (χ3n) is 3.58. The van der Waals surface area contributed by atoms with Gasteiger partial charge in [-0.3, -0.25) is 0 Å². The topological polar surface area (TPSA) is 73.9 Å². The largest absolute Gasteiger partial charge is 0.492 e. The molecule has 1 atom stereocenters. The van der Waals surface area contributed by atoms with E-state index in [0.29, 0.717) is 43.0 Å². The molecule has 0 amide bonds. The lowest BCUT2D eigenvalue weighted by molar-refractivity contribution is 0.0169. The fraction of sp³-hybridized carbons (Fsp3) is 0.625. The molecule has 0 aliphatic carbocycles. The maximum atomic E-state index is 12.4. The number of hydrogen-bond donors (Lipinski definition) is 1. The fourth-order valence-corrected chi connectivity index (χ4v) is 4.17. The lowest BCUT2D eigenvalue weighted by Crippen LogP contribution is -2.26. The Bertz CT molecular complexity index is 617. The molecule has 0 saturated carbocycles. The number of rotatable bonds is 10. The molecule has 24 heavy (non-hydrogen) atoms. The highest BCUT2D eigenvalue weighted by Crippen LogP contribution is 2.27. The lowest BCUT2D eigenvalue weighted by atomic mass is 10.2. The number of nitrogens with one attached hydrogen (secondary N) is 1. The van der Waals surface area contributed by atoms with Crippen molar-refractivity contribution >= 4 is 26.0 Å². The molecule has 0 aromatic heterocycles. The van der Waals surface area contributed by atoms with Gasteiger partial charge in [-0.25, -0.2) is 13.1 Å². The molecule has 6 nitrogen and oxygen atoms in total. The zero-order chi connectivity index (χ0) is 17.4. The molecule has 1 aromatic rings. The number of sulfonamides is 1. The molecule has 1 aliphatic heterocycles. The summed E-state index contributed by atoms with van der Waals surface area (Å²) >= 11 is 3.29. The van der Waals surface area contributed by atoms with Crippen molar-refractivity contribution in [2.75, 3.05) is 33.0 Å². The van der Waals surface area contributed by atoms with Crippen molar-refractivity contribution in [1.82, 2.24) is 4.72 Å². The van der Waals surface area contributed by atoms with Gasteiger partial charge >= 0.3 is 0 Å². The second kappa shape index (κ2) is 9.72. The van der Waals surface area contributed by atoms with Gasteiger partial charge in [0.15, 0.2) is 0 Å². The van der Waals surface area contributed by atoms with Crippen molar-refractivity contribution < 1.29 is 22.6 Å². The molecule has 1 N–H and O–H groups in total. The summed E-state index contributed by atoms with van der Waals surface area (Å²) in [7, 11) is -3.62. The van der Waals surface area contributed by atoms with Crippen LogP contribution in [0.5, 0.6) is 5.75 Å². The summed E-state index contributed by atoms with van der Waals surface area (Å²) in [6, 6.07) is 4.94. The summed E-state index contributed by atoms with van der Waals surface area (Å²) in [5.41, 5.74) is 0. The zero-order valence-electron chi connectivity index (χ0n) is 13.8. The summed E-state index contributed by atoms with van der Waals surface area (Å²) in [6.45, 7) is 4.42. The average molecular weight is 422 g/mol. The minimum atomic E-state index is -3.62. The first kappa shape index (κ1) is 19.7. The average Bonchev–Trinajstić information content (AvgIpc) is 3.06. The Morgan fingerprint density at radius 1 is 1.42 bits per heavy atom. The van der Waals surface area contributed by atoms with Gasteiger partial charge in [-0.2, -0.15) is 0 Å². The van der Waals surface area contributed by atoms with Crippen LogP contribution in [0.2, 0.25) is 0 Å². The Balaban J connectivity index is 1.79. The molecule has 1 fully saturated rings. The molecular weight excluding hydrogens is 398 g/mol. The van der Waals surface area contributed by atoms with Crippen LogP contribution in [-0.2, 0) is 19.5 Å². The minimum absolute atomic E-state index is 0.138. The van der Waals surface area contributed by atoms with E-state index in [-0.39, 0.29) is 11.0 Å². The van der Waals surface area contributed by atoms with E-state index in [4.69, 9.17) is 14.2 Å². The van der Waals surface area contributed by atoms with Gasteiger partial charge in [-0.1, -0.05) is 15.9 Å². The summed E-state index contributed by atoms with van der Waals surface area (Å²) in [4.78, 5) is 0.138. The monoisotopic (exact) mass is 421 g/mol. The van der Waals surface area contributed by atoms with E-state index in [0.717, 1.165) is 19.4 Å². The number of halogens is 1. The van der Waals surface area contributed by atoms with Crippen molar-refractivity contribution in [3.05, 3.63) is 22.7 Å². The number of hydrogen-bond acceptors (Lipinski definition) is 5. The normalized spacial score (nSPS) is 18.0. The SMILES string of the molecule is CCOc1ccc(Br)cc1S(=O)(=O)NCCCOCC1CCCO1. The first-order valence-corrected chi connectivity index (χ1v) is 10.4. The van der Waals surface area contributed by atoms with Crippen LogP contribution in [0, 0.1) is 0 Å². The summed E-state index contributed by atoms with van der Waals surface area (Å²) in [5, 5.41) is 0. The Morgan fingerprint density at radius 3 is 2.96 bits per heavy atom. The van der Waals surface area contributed by atoms with Gasteiger partial charge in [0.2, 0.25) is 10.0 Å². The first-order valence-electron chi connectivity index (χ1n) is 8.14. The van der Waals surface area contributed by atoms with Gasteiger partial charge in [0.05, 0.1) is 19.3 Å². The van der Waals surface area contributed by atoms with Gasteiger partial charge in [-0.05, 0) is 44.4 Å². The van der Waals surface area contributed by atoms with Crippen molar-refractivity contribution in [1.29, 1.82) is 0 Å². The van der Waals surface area contributed by atoms with Crippen molar-refractivity contribution in [2.45, 2.75) is 37.2 Å². The molecule has 8 heteroatoms. The molecule has 1 saturated heterocycles. The molecule has 1 aliphatic rings. The van der Waals surface area contributed by atoms with Crippen LogP contribution >= 0.6 is 15.9 Å². The van der Waals surface area contributed by atoms with Crippen LogP contribution < -0.4 is 9.46 Å². The van der Waals surface area contributed by atoms with Crippen LogP contribution in [0.1, 0.15) is 26.2 Å². The molecule has 0 spiro atoms. The van der Waals surface area contributed by atoms with Crippen LogP contribution in [0.4, 0.5) is 0 Å². The quantitative estimate of drug-likeness (QED) is 0.587. The van der Waals surface area contributed by atoms with Crippen molar-refractivity contribution in [3.8, 4) is 5.75 Å². The van der Waals surface area contributed by atoms with Crippen molar-refractivity contribution in [3.63, 3.8) is 0 Å². The summed E-state index contributed by atoms with van der Waals surface area (Å²) in [5.74, 6) is 0.350. The molecule has 1 heterocycles. The molecule has 1 unspecified atom stereocenters. The summed E-state index contributed by atoms with van der Waals surface area (Å²) < 4.78 is 44.6. The van der Waals surface area contributed by atoms with Crippen LogP contribution in [0.15, 0.2) is 27.6 Å². The first-order chi connectivity index (χ1) is 11.5. The van der Waals surface area contributed by atoms with Gasteiger partial charge in [-0.15, -0.1) is 0 Å². The predicted octanol–water partition coefficient (Wildman–Crippen LogP) is 2.71. The Morgan fingerprint density at radius 2 is 2.25 bits per heavy atom. The minimum Gasteiger partial charge on any atom is -0.492 e. The standard InChI is InChI=1S/C16H24BrNO5S/c1-2-22-15-7-6-13(17)11-16(15)24(19,20)18-8-4-9-21-12-14-5-3-10-23-14/h6-7,11,14,18H,2-5,8-10,12H2,1H3. The second-order valence-electron chi connectivity index (χ2n) is 5.49. The van der Waals surface area contributed by atoms with Crippen LogP contribution in [0.25, 0.3) is 0 Å². The highest BCUT2D eigenvalue weighted by atomic mass is 79.9. The molecule has 136 valence electrons. The Hall–Kier alpha value is -0.670. The highest BCUT2D eigenvalue weighted by molar-refractivity contribution is 9.10. The summed E-state index contributed by atoms with van der Waals surface area (Å²) in [6.07, 6.45) is 2.92. The highest BCUT2D eigenvalue weighted by Gasteiger charge is 2.20. The maximum Gasteiger partial charge on any atom is 0.244 e. The van der Waals surface area contributed by atoms with E-state index in [2.05, 4.69) is 20.7 Å². The van der Waals surface area contributed by atoms with E-state index >= 15 is 0 Å². The van der Waals surface area contributed by atoms with E-state index in [9.17, 15) is 8.42 Å². The smallest absolute Gasteiger partial charge is 0.244 e. The molecule has 2 rings (SSSR count). The molecule has 0 bridgehead atoms. The van der Waals surface area contributed by atoms with Gasteiger partial charge < -0.3 is 14.2 Å². The molecular formula is C16H24BrNO5S. The van der Waals surface area contributed by atoms with E-state index in [1.165, 1.54) is 0 Å². The Kier molecular flexibility index (Phi) is 7.96. The fourth-order valence-electron chi connectivity index (χ4n) is 2.42. The van der Waals surface area contributed by atoms with Crippen molar-refractivity contribution in [2.24, 2.45) is 0 Å². The van der Waals surface area contributed by atoms with E-state index < -0.39 is 10.0 Å². The molecule has 1 aromatic carbocycles.